The van der Waals surface area contributed by atoms with Gasteiger partial charge in [-0.15, -0.1) is 0 Å². The van der Waals surface area contributed by atoms with Crippen LogP contribution >= 0.6 is 0 Å². The summed E-state index contributed by atoms with van der Waals surface area (Å²) in [6.45, 7) is 3.10. The second-order valence-corrected chi connectivity index (χ2v) is 5.67. The lowest BCUT2D eigenvalue weighted by molar-refractivity contribution is 0.0599. The van der Waals surface area contributed by atoms with Gasteiger partial charge in [0.1, 0.15) is 30.1 Å². The number of aryl methyl sites for hydroxylation is 1. The van der Waals surface area contributed by atoms with Gasteiger partial charge in [0.2, 0.25) is 0 Å². The van der Waals surface area contributed by atoms with Crippen LogP contribution in [-0.4, -0.2) is 40.7 Å². The van der Waals surface area contributed by atoms with Crippen LogP contribution in [0.4, 0.5) is 0 Å². The summed E-state index contributed by atoms with van der Waals surface area (Å²) in [5, 5.41) is 23.3. The van der Waals surface area contributed by atoms with Crippen LogP contribution in [0.3, 0.4) is 0 Å². The van der Waals surface area contributed by atoms with Crippen LogP contribution < -0.4 is 10.3 Å². The van der Waals surface area contributed by atoms with Crippen molar-refractivity contribution in [1.82, 2.24) is 9.78 Å². The first kappa shape index (κ1) is 19.1. The Labute approximate surface area is 150 Å². The van der Waals surface area contributed by atoms with E-state index in [-0.39, 0.29) is 18.7 Å². The SMILES string of the molecule is COC(=O)c1cccc(OC[C@@H](O)Cn2nc(C)c(C)c(C#N)c2=O)c1. The topological polar surface area (TPSA) is 114 Å². The number of benzene rings is 1. The van der Waals surface area contributed by atoms with Crippen LogP contribution in [0.25, 0.3) is 0 Å². The van der Waals surface area contributed by atoms with Crippen LogP contribution in [-0.2, 0) is 11.3 Å². The molecule has 8 heteroatoms. The van der Waals surface area contributed by atoms with E-state index in [1.54, 1.807) is 32.0 Å². The summed E-state index contributed by atoms with van der Waals surface area (Å²) in [6, 6.07) is 8.20. The third-order valence-corrected chi connectivity index (χ3v) is 3.83. The Morgan fingerprint density at radius 1 is 1.42 bits per heavy atom. The molecule has 0 radical (unpaired) electrons. The minimum absolute atomic E-state index is 0.0106. The maximum Gasteiger partial charge on any atom is 0.337 e. The van der Waals surface area contributed by atoms with E-state index in [1.807, 2.05) is 6.07 Å². The molecule has 0 aliphatic rings. The molecule has 1 aromatic carbocycles. The van der Waals surface area contributed by atoms with Crippen molar-refractivity contribution in [3.8, 4) is 11.8 Å². The molecule has 1 heterocycles. The van der Waals surface area contributed by atoms with Crippen LogP contribution in [0, 0.1) is 25.2 Å². The van der Waals surface area contributed by atoms with Crippen LogP contribution in [0.5, 0.6) is 5.75 Å². The summed E-state index contributed by atoms with van der Waals surface area (Å²) in [6.07, 6.45) is -1.03. The van der Waals surface area contributed by atoms with Crippen molar-refractivity contribution < 1.29 is 19.4 Å². The van der Waals surface area contributed by atoms with Crippen molar-refractivity contribution in [3.63, 3.8) is 0 Å². The van der Waals surface area contributed by atoms with E-state index in [9.17, 15) is 14.7 Å². The fourth-order valence-corrected chi connectivity index (χ4v) is 2.30. The molecule has 2 aromatic rings. The number of aromatic nitrogens is 2. The van der Waals surface area contributed by atoms with E-state index in [4.69, 9.17) is 10.00 Å². The molecule has 8 nitrogen and oxygen atoms in total. The van der Waals surface area contributed by atoms with Gasteiger partial charge in [0.25, 0.3) is 5.56 Å². The van der Waals surface area contributed by atoms with E-state index in [2.05, 4.69) is 9.84 Å². The van der Waals surface area contributed by atoms with Crippen molar-refractivity contribution in [2.24, 2.45) is 0 Å². The average Bonchev–Trinajstić information content (AvgIpc) is 2.64. The number of aliphatic hydroxyl groups is 1. The molecule has 0 aliphatic heterocycles. The quantitative estimate of drug-likeness (QED) is 0.766. The lowest BCUT2D eigenvalue weighted by Crippen LogP contribution is -2.34. The van der Waals surface area contributed by atoms with Gasteiger partial charge in [-0.1, -0.05) is 6.07 Å². The number of methoxy groups -OCH3 is 1. The van der Waals surface area contributed by atoms with Gasteiger partial charge >= 0.3 is 5.97 Å². The highest BCUT2D eigenvalue weighted by Crippen LogP contribution is 2.14. The number of carbonyl (C=O) groups excluding carboxylic acids is 1. The van der Waals surface area contributed by atoms with Crippen LogP contribution in [0.2, 0.25) is 0 Å². The molecular formula is C18H19N3O5. The van der Waals surface area contributed by atoms with Gasteiger partial charge in [0.15, 0.2) is 0 Å². The smallest absolute Gasteiger partial charge is 0.337 e. The van der Waals surface area contributed by atoms with Gasteiger partial charge in [0.05, 0.1) is 24.9 Å². The van der Waals surface area contributed by atoms with Gasteiger partial charge in [-0.05, 0) is 37.6 Å². The highest BCUT2D eigenvalue weighted by Gasteiger charge is 2.15. The Bertz CT molecular complexity index is 914. The summed E-state index contributed by atoms with van der Waals surface area (Å²) in [5.41, 5.74) is 0.850. The number of hydrogen-bond donors (Lipinski definition) is 1. The minimum atomic E-state index is -1.03. The Kier molecular flexibility index (Phi) is 6.09. The lowest BCUT2D eigenvalue weighted by atomic mass is 10.1. The molecule has 0 amide bonds. The molecule has 2 rings (SSSR count). The Morgan fingerprint density at radius 2 is 2.15 bits per heavy atom. The second-order valence-electron chi connectivity index (χ2n) is 5.67. The van der Waals surface area contributed by atoms with Gasteiger partial charge in [-0.2, -0.15) is 10.4 Å². The molecule has 1 atom stereocenters. The van der Waals surface area contributed by atoms with Crippen LogP contribution in [0.1, 0.15) is 27.2 Å². The maximum atomic E-state index is 12.2. The third kappa shape index (κ3) is 4.26. The molecule has 1 aromatic heterocycles. The Morgan fingerprint density at radius 3 is 2.81 bits per heavy atom. The predicted octanol–water partition coefficient (Wildman–Crippen LogP) is 0.958. The molecule has 0 saturated carbocycles. The number of rotatable bonds is 6. The fraction of sp³-hybridized carbons (Fsp3) is 0.333. The minimum Gasteiger partial charge on any atom is -0.491 e. The monoisotopic (exact) mass is 357 g/mol. The fourth-order valence-electron chi connectivity index (χ4n) is 2.30. The summed E-state index contributed by atoms with van der Waals surface area (Å²) >= 11 is 0. The van der Waals surface area contributed by atoms with E-state index in [0.29, 0.717) is 22.6 Å². The molecule has 0 saturated heterocycles. The number of nitrogens with zero attached hydrogens (tertiary/aromatic N) is 3. The maximum absolute atomic E-state index is 12.2. The summed E-state index contributed by atoms with van der Waals surface area (Å²) < 4.78 is 11.2. The van der Waals surface area contributed by atoms with Gasteiger partial charge in [-0.25, -0.2) is 9.48 Å². The molecule has 0 fully saturated rings. The van der Waals surface area contributed by atoms with E-state index >= 15 is 0 Å². The standard InChI is InChI=1S/C18H19N3O5/c1-11-12(2)20-21(17(23)16(11)8-19)9-14(22)10-26-15-6-4-5-13(7-15)18(24)25-3/h4-7,14,22H,9-10H2,1-3H3/t14-/m0/s1. The first-order chi connectivity index (χ1) is 12.4. The van der Waals surface area contributed by atoms with Crippen molar-refractivity contribution in [2.75, 3.05) is 13.7 Å². The average molecular weight is 357 g/mol. The third-order valence-electron chi connectivity index (χ3n) is 3.83. The van der Waals surface area contributed by atoms with Gasteiger partial charge in [-0.3, -0.25) is 4.79 Å². The molecule has 0 unspecified atom stereocenters. The zero-order valence-electron chi connectivity index (χ0n) is 14.7. The molecule has 136 valence electrons. The van der Waals surface area contributed by atoms with Crippen molar-refractivity contribution in [1.29, 1.82) is 5.26 Å². The van der Waals surface area contributed by atoms with Crippen molar-refractivity contribution in [3.05, 3.63) is 57.0 Å². The van der Waals surface area contributed by atoms with E-state index < -0.39 is 17.6 Å². The van der Waals surface area contributed by atoms with E-state index in [0.717, 1.165) is 4.68 Å². The Hall–Kier alpha value is -3.18. The Balaban J connectivity index is 2.08. The highest BCUT2D eigenvalue weighted by molar-refractivity contribution is 5.89. The van der Waals surface area contributed by atoms with E-state index in [1.165, 1.54) is 13.2 Å². The lowest BCUT2D eigenvalue weighted by Gasteiger charge is -2.15. The van der Waals surface area contributed by atoms with Crippen LogP contribution in [0.15, 0.2) is 29.1 Å². The molecule has 0 aliphatic carbocycles. The van der Waals surface area contributed by atoms with Gasteiger partial charge in [0, 0.05) is 0 Å². The zero-order valence-corrected chi connectivity index (χ0v) is 14.7. The van der Waals surface area contributed by atoms with Crippen molar-refractivity contribution >= 4 is 5.97 Å². The number of aliphatic hydroxyl groups excluding tert-OH is 1. The normalized spacial score (nSPS) is 11.5. The van der Waals surface area contributed by atoms with Gasteiger partial charge < -0.3 is 14.6 Å². The first-order valence-electron chi connectivity index (χ1n) is 7.85. The number of carbonyl (C=O) groups is 1. The molecular weight excluding hydrogens is 338 g/mol. The first-order valence-corrected chi connectivity index (χ1v) is 7.85. The molecule has 0 spiro atoms. The number of ether oxygens (including phenoxy) is 2. The largest absolute Gasteiger partial charge is 0.491 e. The number of nitriles is 1. The summed E-state index contributed by atoms with van der Waals surface area (Å²) in [4.78, 5) is 23.7. The van der Waals surface area contributed by atoms with Crippen molar-refractivity contribution in [2.45, 2.75) is 26.5 Å². The molecule has 26 heavy (non-hydrogen) atoms. The number of hydrogen-bond acceptors (Lipinski definition) is 7. The highest BCUT2D eigenvalue weighted by atomic mass is 16.5. The summed E-state index contributed by atoms with van der Waals surface area (Å²) in [5.74, 6) is -0.115. The number of esters is 1. The predicted molar refractivity (Wildman–Crippen MR) is 92.0 cm³/mol. The second kappa shape index (κ2) is 8.27. The molecule has 0 bridgehead atoms. The zero-order chi connectivity index (χ0) is 19.3. The summed E-state index contributed by atoms with van der Waals surface area (Å²) in [7, 11) is 1.28. The molecule has 1 N–H and O–H groups in total.